The minimum Gasteiger partial charge on any atom is -0.481 e. The number of piperidine rings is 1. The van der Waals surface area contributed by atoms with E-state index in [-0.39, 0.29) is 5.92 Å². The average Bonchev–Trinajstić information content (AvgIpc) is 2.80. The van der Waals surface area contributed by atoms with Gasteiger partial charge in [-0.25, -0.2) is 9.67 Å². The lowest BCUT2D eigenvalue weighted by Gasteiger charge is -2.21. The Hall–Kier alpha value is -1.43. The normalized spacial score (nSPS) is 26.9. The Morgan fingerprint density at radius 1 is 1.42 bits per heavy atom. The maximum atomic E-state index is 11.0. The highest BCUT2D eigenvalue weighted by Gasteiger charge is 2.27. The number of nitrogens with zero attached hydrogens (tertiary/aromatic N) is 3. The van der Waals surface area contributed by atoms with Crippen molar-refractivity contribution in [3.8, 4) is 0 Å². The fourth-order valence-corrected chi connectivity index (χ4v) is 2.97. The molecule has 6 nitrogen and oxygen atoms in total. The zero-order valence-electron chi connectivity index (χ0n) is 11.0. The summed E-state index contributed by atoms with van der Waals surface area (Å²) in [6.07, 6.45) is 5.97. The second-order valence-electron chi connectivity index (χ2n) is 5.55. The maximum absolute atomic E-state index is 11.0. The van der Waals surface area contributed by atoms with Gasteiger partial charge in [-0.15, -0.1) is 0 Å². The number of carboxylic acids is 1. The predicted octanol–water partition coefficient (Wildman–Crippen LogP) is 0.610. The molecular weight excluding hydrogens is 244 g/mol. The summed E-state index contributed by atoms with van der Waals surface area (Å²) >= 11 is 0. The van der Waals surface area contributed by atoms with E-state index in [4.69, 9.17) is 5.11 Å². The van der Waals surface area contributed by atoms with Crippen LogP contribution in [0.25, 0.3) is 0 Å². The van der Waals surface area contributed by atoms with Crippen molar-refractivity contribution in [3.63, 3.8) is 0 Å². The monoisotopic (exact) mass is 264 g/mol. The highest BCUT2D eigenvalue weighted by Crippen LogP contribution is 2.19. The summed E-state index contributed by atoms with van der Waals surface area (Å²) in [7, 11) is 0. The Bertz CT molecular complexity index is 465. The molecule has 2 N–H and O–H groups in total. The van der Waals surface area contributed by atoms with E-state index in [2.05, 4.69) is 15.4 Å². The van der Waals surface area contributed by atoms with Crippen LogP contribution in [0.1, 0.15) is 37.3 Å². The van der Waals surface area contributed by atoms with Gasteiger partial charge in [-0.3, -0.25) is 4.79 Å². The number of carbonyl (C=O) groups is 1. The molecule has 0 saturated carbocycles. The smallest absolute Gasteiger partial charge is 0.308 e. The number of aliphatic carboxylic acids is 1. The van der Waals surface area contributed by atoms with Crippen molar-refractivity contribution in [3.05, 3.63) is 11.6 Å². The molecule has 0 amide bonds. The van der Waals surface area contributed by atoms with Crippen LogP contribution in [0.5, 0.6) is 0 Å². The minimum absolute atomic E-state index is 0.310. The van der Waals surface area contributed by atoms with Crippen molar-refractivity contribution < 1.29 is 9.90 Å². The van der Waals surface area contributed by atoms with E-state index in [1.807, 2.05) is 0 Å². The van der Waals surface area contributed by atoms with Gasteiger partial charge in [0.15, 0.2) is 5.82 Å². The van der Waals surface area contributed by atoms with Crippen LogP contribution in [0.15, 0.2) is 0 Å². The average molecular weight is 264 g/mol. The third-order valence-electron chi connectivity index (χ3n) is 4.09. The first-order valence-electron chi connectivity index (χ1n) is 7.11. The van der Waals surface area contributed by atoms with Crippen molar-refractivity contribution in [2.75, 3.05) is 6.54 Å². The van der Waals surface area contributed by atoms with E-state index >= 15 is 0 Å². The molecule has 6 heteroatoms. The molecule has 0 aliphatic carbocycles. The predicted molar refractivity (Wildman–Crippen MR) is 68.8 cm³/mol. The number of rotatable bonds is 3. The molecule has 1 aromatic rings. The van der Waals surface area contributed by atoms with E-state index in [9.17, 15) is 4.79 Å². The third-order valence-corrected chi connectivity index (χ3v) is 4.09. The molecule has 0 aromatic carbocycles. The van der Waals surface area contributed by atoms with Gasteiger partial charge in [0, 0.05) is 18.9 Å². The maximum Gasteiger partial charge on any atom is 0.308 e. The molecule has 2 aliphatic rings. The van der Waals surface area contributed by atoms with Gasteiger partial charge < -0.3 is 10.4 Å². The van der Waals surface area contributed by atoms with Crippen LogP contribution in [-0.2, 0) is 24.2 Å². The number of fused-ring (bicyclic) bond motifs is 1. The molecule has 19 heavy (non-hydrogen) atoms. The minimum atomic E-state index is -0.725. The van der Waals surface area contributed by atoms with Crippen LogP contribution in [0.4, 0.5) is 0 Å². The number of hydrogen-bond donors (Lipinski definition) is 2. The van der Waals surface area contributed by atoms with Crippen molar-refractivity contribution in [1.82, 2.24) is 20.1 Å². The lowest BCUT2D eigenvalue weighted by molar-refractivity contribution is -0.142. The largest absolute Gasteiger partial charge is 0.481 e. The highest BCUT2D eigenvalue weighted by molar-refractivity contribution is 5.70. The van der Waals surface area contributed by atoms with Gasteiger partial charge in [0.25, 0.3) is 0 Å². The summed E-state index contributed by atoms with van der Waals surface area (Å²) in [6.45, 7) is 1.55. The Morgan fingerprint density at radius 3 is 3.05 bits per heavy atom. The van der Waals surface area contributed by atoms with Crippen molar-refractivity contribution in [2.45, 2.75) is 51.1 Å². The number of hydrogen-bond acceptors (Lipinski definition) is 4. The lowest BCUT2D eigenvalue weighted by Crippen LogP contribution is -2.35. The van der Waals surface area contributed by atoms with E-state index in [1.54, 1.807) is 4.68 Å². The fourth-order valence-electron chi connectivity index (χ4n) is 2.97. The lowest BCUT2D eigenvalue weighted by atomic mass is 10.0. The molecular formula is C13H20N4O2. The van der Waals surface area contributed by atoms with Crippen LogP contribution in [0.3, 0.4) is 0 Å². The Balaban J connectivity index is 1.67. The Kier molecular flexibility index (Phi) is 3.50. The Morgan fingerprint density at radius 2 is 2.32 bits per heavy atom. The fraction of sp³-hybridized carbons (Fsp3) is 0.769. The molecule has 104 valence electrons. The van der Waals surface area contributed by atoms with E-state index in [0.717, 1.165) is 31.0 Å². The summed E-state index contributed by atoms with van der Waals surface area (Å²) < 4.78 is 1.79. The summed E-state index contributed by atoms with van der Waals surface area (Å²) in [6, 6.07) is 0.480. The van der Waals surface area contributed by atoms with Gasteiger partial charge in [0.1, 0.15) is 5.82 Å². The van der Waals surface area contributed by atoms with Crippen molar-refractivity contribution >= 4 is 5.97 Å². The van der Waals surface area contributed by atoms with E-state index in [1.165, 1.54) is 19.3 Å². The van der Waals surface area contributed by atoms with Crippen LogP contribution in [-0.4, -0.2) is 38.4 Å². The molecule has 1 saturated heterocycles. The van der Waals surface area contributed by atoms with Gasteiger partial charge >= 0.3 is 5.97 Å². The molecule has 0 radical (unpaired) electrons. The topological polar surface area (TPSA) is 80.0 Å². The number of aromatic nitrogens is 3. The Labute approximate surface area is 112 Å². The van der Waals surface area contributed by atoms with Gasteiger partial charge in [-0.1, -0.05) is 6.42 Å². The number of aryl methyl sites for hydroxylation is 1. The molecule has 2 atom stereocenters. The second kappa shape index (κ2) is 5.28. The van der Waals surface area contributed by atoms with Gasteiger partial charge in [0.05, 0.1) is 12.5 Å². The molecule has 1 fully saturated rings. The first kappa shape index (κ1) is 12.6. The summed E-state index contributed by atoms with van der Waals surface area (Å²) in [5, 5.41) is 17.0. The molecule has 2 unspecified atom stereocenters. The number of carboxylic acid groups (broad SMARTS) is 1. The first-order valence-corrected chi connectivity index (χ1v) is 7.11. The summed E-state index contributed by atoms with van der Waals surface area (Å²) in [5.41, 5.74) is 0. The van der Waals surface area contributed by atoms with E-state index < -0.39 is 5.97 Å². The standard InChI is InChI=1S/C13H20N4O2/c18-13(19)9-4-5-12-15-11(16-17(12)8-9)7-10-3-1-2-6-14-10/h9-10,14H,1-8H2,(H,18,19). The van der Waals surface area contributed by atoms with Gasteiger partial charge in [-0.2, -0.15) is 5.10 Å². The highest BCUT2D eigenvalue weighted by atomic mass is 16.4. The molecule has 3 rings (SSSR count). The van der Waals surface area contributed by atoms with Crippen molar-refractivity contribution in [2.24, 2.45) is 5.92 Å². The van der Waals surface area contributed by atoms with Crippen molar-refractivity contribution in [1.29, 1.82) is 0 Å². The summed E-state index contributed by atoms with van der Waals surface area (Å²) in [5.74, 6) is 0.773. The van der Waals surface area contributed by atoms with Crippen LogP contribution >= 0.6 is 0 Å². The molecule has 2 aliphatic heterocycles. The van der Waals surface area contributed by atoms with Crippen LogP contribution < -0.4 is 5.32 Å². The van der Waals surface area contributed by atoms with E-state index in [0.29, 0.717) is 19.0 Å². The second-order valence-corrected chi connectivity index (χ2v) is 5.55. The zero-order chi connectivity index (χ0) is 13.2. The van der Waals surface area contributed by atoms with Gasteiger partial charge in [0.2, 0.25) is 0 Å². The zero-order valence-corrected chi connectivity index (χ0v) is 11.0. The third kappa shape index (κ3) is 2.78. The first-order chi connectivity index (χ1) is 9.22. The SMILES string of the molecule is O=C(O)C1CCc2nc(CC3CCCCN3)nn2C1. The molecule has 0 spiro atoms. The quantitative estimate of drug-likeness (QED) is 0.836. The van der Waals surface area contributed by atoms with Crippen LogP contribution in [0, 0.1) is 5.92 Å². The molecule has 3 heterocycles. The number of nitrogens with one attached hydrogen (secondary N) is 1. The summed E-state index contributed by atoms with van der Waals surface area (Å²) in [4.78, 5) is 15.6. The van der Waals surface area contributed by atoms with Crippen LogP contribution in [0.2, 0.25) is 0 Å². The molecule has 0 bridgehead atoms. The van der Waals surface area contributed by atoms with Gasteiger partial charge in [-0.05, 0) is 25.8 Å². The molecule has 1 aromatic heterocycles.